The van der Waals surface area contributed by atoms with E-state index in [1.54, 1.807) is 6.20 Å². The third kappa shape index (κ3) is 3.07. The van der Waals surface area contributed by atoms with Crippen LogP contribution in [0.15, 0.2) is 12.5 Å². The first-order chi connectivity index (χ1) is 10.1. The molecule has 2 aromatic heterocycles. The fourth-order valence-corrected chi connectivity index (χ4v) is 1.87. The molecule has 1 aliphatic heterocycles. The highest BCUT2D eigenvalue weighted by molar-refractivity contribution is 5.92. The summed E-state index contributed by atoms with van der Waals surface area (Å²) in [5.41, 5.74) is 0.228. The largest absolute Gasteiger partial charge is 0.483 e. The minimum Gasteiger partial charge on any atom is -0.483 e. The first kappa shape index (κ1) is 14.7. The number of carbonyl (C=O) groups is 1. The number of ether oxygens (including phenoxy) is 1. The summed E-state index contributed by atoms with van der Waals surface area (Å²) in [5, 5.41) is 29.5. The number of fused-ring (bicyclic) bond motifs is 1. The Labute approximate surface area is 119 Å². The van der Waals surface area contributed by atoms with E-state index in [0.29, 0.717) is 42.2 Å². The Morgan fingerprint density at radius 3 is 2.86 bits per heavy atom. The Balaban J connectivity index is 0.000000497. The number of nitrogens with zero attached hydrogens (tertiary/aromatic N) is 3. The van der Waals surface area contributed by atoms with Gasteiger partial charge in [-0.2, -0.15) is 5.26 Å². The van der Waals surface area contributed by atoms with Crippen LogP contribution in [0.1, 0.15) is 5.56 Å². The molecule has 0 aromatic carbocycles. The molecule has 0 bridgehead atoms. The lowest BCUT2D eigenvalue weighted by Gasteiger charge is -2.36. The quantitative estimate of drug-likeness (QED) is 0.564. The molecular formula is C12H13N5O4. The van der Waals surface area contributed by atoms with E-state index in [2.05, 4.69) is 26.3 Å². The number of aromatic amines is 1. The third-order valence-corrected chi connectivity index (χ3v) is 2.92. The standard InChI is InChI=1S/C11H11N5O2.CH2O2/c12-1-7-2-13-9-8(7)10(16-6-15-9)14-3-11(17)4-18-5-11;2-1-3/h2,6,17H,3-5H2,(H2,13,14,15,16);1H,(H,2,3). The van der Waals surface area contributed by atoms with Crippen molar-refractivity contribution in [3.63, 3.8) is 0 Å². The minimum absolute atomic E-state index is 0.250. The summed E-state index contributed by atoms with van der Waals surface area (Å²) in [6.45, 7) is 0.702. The van der Waals surface area contributed by atoms with Crippen LogP contribution in [0, 0.1) is 11.3 Å². The number of nitriles is 1. The van der Waals surface area contributed by atoms with Crippen molar-refractivity contribution in [1.82, 2.24) is 15.0 Å². The SMILES string of the molecule is N#Cc1c[nH]c2ncnc(NCC3(O)COC3)c12.O=CO. The van der Waals surface area contributed by atoms with Gasteiger partial charge in [0.1, 0.15) is 29.5 Å². The van der Waals surface area contributed by atoms with E-state index in [9.17, 15) is 5.11 Å². The summed E-state index contributed by atoms with van der Waals surface area (Å²) >= 11 is 0. The second-order valence-electron chi connectivity index (χ2n) is 4.44. The maximum Gasteiger partial charge on any atom is 0.290 e. The number of nitrogens with one attached hydrogen (secondary N) is 2. The van der Waals surface area contributed by atoms with Crippen molar-refractivity contribution in [2.75, 3.05) is 25.1 Å². The Morgan fingerprint density at radius 2 is 2.29 bits per heavy atom. The molecule has 0 aliphatic carbocycles. The highest BCUT2D eigenvalue weighted by atomic mass is 16.5. The van der Waals surface area contributed by atoms with E-state index in [1.165, 1.54) is 6.33 Å². The van der Waals surface area contributed by atoms with Crippen molar-refractivity contribution >= 4 is 23.3 Å². The van der Waals surface area contributed by atoms with Crippen LogP contribution in [0.25, 0.3) is 11.0 Å². The molecule has 0 spiro atoms. The van der Waals surface area contributed by atoms with Gasteiger partial charge >= 0.3 is 0 Å². The lowest BCUT2D eigenvalue weighted by atomic mass is 10.0. The Kier molecular flexibility index (Phi) is 4.32. The molecule has 3 heterocycles. The average Bonchev–Trinajstić information content (AvgIpc) is 2.87. The molecule has 0 saturated carbocycles. The van der Waals surface area contributed by atoms with Gasteiger partial charge in [-0.05, 0) is 0 Å². The van der Waals surface area contributed by atoms with Gasteiger partial charge in [-0.1, -0.05) is 0 Å². The van der Waals surface area contributed by atoms with Crippen LogP contribution in [0.3, 0.4) is 0 Å². The zero-order chi connectivity index (χ0) is 15.3. The molecular weight excluding hydrogens is 278 g/mol. The molecule has 1 fully saturated rings. The summed E-state index contributed by atoms with van der Waals surface area (Å²) in [6.07, 6.45) is 3.00. The van der Waals surface area contributed by atoms with Gasteiger partial charge in [0.25, 0.3) is 6.47 Å². The molecule has 1 aliphatic rings. The zero-order valence-corrected chi connectivity index (χ0v) is 10.9. The van der Waals surface area contributed by atoms with Gasteiger partial charge < -0.3 is 25.3 Å². The molecule has 0 unspecified atom stereocenters. The maximum absolute atomic E-state index is 9.92. The van der Waals surface area contributed by atoms with Gasteiger partial charge in [0, 0.05) is 12.7 Å². The zero-order valence-electron chi connectivity index (χ0n) is 10.9. The highest BCUT2D eigenvalue weighted by Crippen LogP contribution is 2.24. The summed E-state index contributed by atoms with van der Waals surface area (Å²) in [6, 6.07) is 2.08. The Morgan fingerprint density at radius 1 is 1.57 bits per heavy atom. The van der Waals surface area contributed by atoms with Crippen LogP contribution in [0.4, 0.5) is 5.82 Å². The van der Waals surface area contributed by atoms with Gasteiger partial charge in [-0.3, -0.25) is 4.79 Å². The Bertz CT molecular complexity index is 674. The fraction of sp³-hybridized carbons (Fsp3) is 0.333. The van der Waals surface area contributed by atoms with E-state index in [4.69, 9.17) is 19.9 Å². The van der Waals surface area contributed by atoms with E-state index in [0.717, 1.165) is 0 Å². The van der Waals surface area contributed by atoms with Gasteiger partial charge in [0.05, 0.1) is 24.2 Å². The summed E-state index contributed by atoms with van der Waals surface area (Å²) in [4.78, 5) is 19.4. The molecule has 9 heteroatoms. The van der Waals surface area contributed by atoms with Crippen LogP contribution < -0.4 is 5.32 Å². The average molecular weight is 291 g/mol. The van der Waals surface area contributed by atoms with Crippen LogP contribution in [-0.4, -0.2) is 57.0 Å². The van der Waals surface area contributed by atoms with Crippen molar-refractivity contribution in [2.24, 2.45) is 0 Å². The number of aromatic nitrogens is 3. The van der Waals surface area contributed by atoms with Crippen LogP contribution in [0.5, 0.6) is 0 Å². The first-order valence-corrected chi connectivity index (χ1v) is 5.97. The van der Waals surface area contributed by atoms with Gasteiger partial charge in [-0.15, -0.1) is 0 Å². The van der Waals surface area contributed by atoms with Crippen LogP contribution >= 0.6 is 0 Å². The van der Waals surface area contributed by atoms with Gasteiger partial charge in [-0.25, -0.2) is 9.97 Å². The predicted octanol–water partition coefficient (Wildman–Crippen LogP) is -0.296. The molecule has 2 aromatic rings. The van der Waals surface area contributed by atoms with Crippen molar-refractivity contribution in [1.29, 1.82) is 5.26 Å². The van der Waals surface area contributed by atoms with Crippen molar-refractivity contribution in [3.8, 4) is 6.07 Å². The Hall–Kier alpha value is -2.70. The number of hydrogen-bond donors (Lipinski definition) is 4. The monoisotopic (exact) mass is 291 g/mol. The number of anilines is 1. The first-order valence-electron chi connectivity index (χ1n) is 5.97. The molecule has 3 rings (SSSR count). The molecule has 1 saturated heterocycles. The predicted molar refractivity (Wildman–Crippen MR) is 71.6 cm³/mol. The summed E-state index contributed by atoms with van der Waals surface area (Å²) in [5.74, 6) is 0.540. The molecule has 0 amide bonds. The van der Waals surface area contributed by atoms with E-state index < -0.39 is 5.60 Å². The molecule has 110 valence electrons. The highest BCUT2D eigenvalue weighted by Gasteiger charge is 2.36. The van der Waals surface area contributed by atoms with Crippen molar-refractivity contribution in [3.05, 3.63) is 18.1 Å². The van der Waals surface area contributed by atoms with Gasteiger partial charge in [0.15, 0.2) is 0 Å². The van der Waals surface area contributed by atoms with Gasteiger partial charge in [0.2, 0.25) is 0 Å². The molecule has 9 nitrogen and oxygen atoms in total. The molecule has 0 atom stereocenters. The minimum atomic E-state index is -0.847. The number of H-pyrrole nitrogens is 1. The summed E-state index contributed by atoms with van der Waals surface area (Å²) < 4.78 is 4.96. The molecule has 0 radical (unpaired) electrons. The third-order valence-electron chi connectivity index (χ3n) is 2.92. The lowest BCUT2D eigenvalue weighted by molar-refractivity contribution is -0.168. The topological polar surface area (TPSA) is 144 Å². The number of hydrogen-bond acceptors (Lipinski definition) is 7. The van der Waals surface area contributed by atoms with Crippen molar-refractivity contribution < 1.29 is 19.7 Å². The number of carboxylic acid groups (broad SMARTS) is 1. The normalized spacial score (nSPS) is 15.2. The van der Waals surface area contributed by atoms with Crippen LogP contribution in [0.2, 0.25) is 0 Å². The second-order valence-corrected chi connectivity index (χ2v) is 4.44. The molecule has 4 N–H and O–H groups in total. The number of rotatable bonds is 3. The van der Waals surface area contributed by atoms with Crippen LogP contribution in [-0.2, 0) is 9.53 Å². The number of aliphatic hydroxyl groups is 1. The second kappa shape index (κ2) is 6.17. The smallest absolute Gasteiger partial charge is 0.290 e. The van der Waals surface area contributed by atoms with E-state index >= 15 is 0 Å². The molecule has 21 heavy (non-hydrogen) atoms. The lowest BCUT2D eigenvalue weighted by Crippen LogP contribution is -2.54. The van der Waals surface area contributed by atoms with E-state index in [1.807, 2.05) is 0 Å². The summed E-state index contributed by atoms with van der Waals surface area (Å²) in [7, 11) is 0. The van der Waals surface area contributed by atoms with E-state index in [-0.39, 0.29) is 6.47 Å². The maximum atomic E-state index is 9.92. The fourth-order valence-electron chi connectivity index (χ4n) is 1.87. The van der Waals surface area contributed by atoms with Crippen molar-refractivity contribution in [2.45, 2.75) is 5.60 Å².